The zero-order valence-electron chi connectivity index (χ0n) is 10.4. The molecule has 0 bridgehead atoms. The quantitative estimate of drug-likeness (QED) is 0.828. The first-order valence-electron chi connectivity index (χ1n) is 5.54. The van der Waals surface area contributed by atoms with Crippen molar-refractivity contribution in [1.82, 2.24) is 9.78 Å². The third-order valence-electron chi connectivity index (χ3n) is 2.74. The molecule has 0 saturated carbocycles. The summed E-state index contributed by atoms with van der Waals surface area (Å²) in [5, 5.41) is 3.86. The molecule has 0 fully saturated rings. The fraction of sp³-hybridized carbons (Fsp3) is 0.167. The first kappa shape index (κ1) is 13.9. The molecule has 5 nitrogen and oxygen atoms in total. The van der Waals surface area contributed by atoms with E-state index in [-0.39, 0.29) is 28.7 Å². The summed E-state index contributed by atoms with van der Waals surface area (Å²) in [5.41, 5.74) is 10.9. The van der Waals surface area contributed by atoms with E-state index in [0.29, 0.717) is 0 Å². The SMILES string of the molecule is CC(=O)c1c(N)nn(-c2ccc(C(F)(F)F)cc2)c1N. The molecule has 1 heterocycles. The lowest BCUT2D eigenvalue weighted by Gasteiger charge is -2.08. The number of benzene rings is 1. The largest absolute Gasteiger partial charge is 0.416 e. The van der Waals surface area contributed by atoms with E-state index in [0.717, 1.165) is 16.8 Å². The van der Waals surface area contributed by atoms with Gasteiger partial charge >= 0.3 is 6.18 Å². The van der Waals surface area contributed by atoms with Crippen LogP contribution in [0.15, 0.2) is 24.3 Å². The van der Waals surface area contributed by atoms with Crippen LogP contribution < -0.4 is 11.5 Å². The summed E-state index contributed by atoms with van der Waals surface area (Å²) >= 11 is 0. The highest BCUT2D eigenvalue weighted by Crippen LogP contribution is 2.30. The van der Waals surface area contributed by atoms with Crippen LogP contribution in [0, 0.1) is 0 Å². The molecule has 20 heavy (non-hydrogen) atoms. The van der Waals surface area contributed by atoms with Crippen molar-refractivity contribution in [3.05, 3.63) is 35.4 Å². The maximum Gasteiger partial charge on any atom is 0.416 e. The summed E-state index contributed by atoms with van der Waals surface area (Å²) in [6.45, 7) is 1.28. The van der Waals surface area contributed by atoms with Gasteiger partial charge in [0.1, 0.15) is 11.4 Å². The van der Waals surface area contributed by atoms with Crippen LogP contribution in [-0.2, 0) is 6.18 Å². The highest BCUT2D eigenvalue weighted by molar-refractivity contribution is 6.02. The summed E-state index contributed by atoms with van der Waals surface area (Å²) < 4.78 is 38.5. The Labute approximate surface area is 112 Å². The summed E-state index contributed by atoms with van der Waals surface area (Å²) in [7, 11) is 0. The van der Waals surface area contributed by atoms with Gasteiger partial charge in [0, 0.05) is 0 Å². The number of anilines is 2. The molecule has 0 saturated heterocycles. The summed E-state index contributed by atoms with van der Waals surface area (Å²) in [5.74, 6) is -0.428. The normalized spacial score (nSPS) is 11.6. The molecule has 8 heteroatoms. The highest BCUT2D eigenvalue weighted by atomic mass is 19.4. The van der Waals surface area contributed by atoms with Crippen molar-refractivity contribution in [3.8, 4) is 5.69 Å². The maximum absolute atomic E-state index is 12.5. The fourth-order valence-corrected chi connectivity index (χ4v) is 1.80. The molecule has 1 aromatic heterocycles. The standard InChI is InChI=1S/C12H11F3N4O/c1-6(20)9-10(16)18-19(11(9)17)8-4-2-7(3-5-8)12(13,14)15/h2-5H,17H2,1H3,(H2,16,18). The van der Waals surface area contributed by atoms with Gasteiger partial charge < -0.3 is 11.5 Å². The fourth-order valence-electron chi connectivity index (χ4n) is 1.80. The Morgan fingerprint density at radius 3 is 2.15 bits per heavy atom. The number of nitrogen functional groups attached to an aromatic ring is 2. The van der Waals surface area contributed by atoms with Gasteiger partial charge in [-0.1, -0.05) is 0 Å². The minimum Gasteiger partial charge on any atom is -0.383 e. The number of nitrogens with zero attached hydrogens (tertiary/aromatic N) is 2. The first-order valence-corrected chi connectivity index (χ1v) is 5.54. The second-order valence-electron chi connectivity index (χ2n) is 4.16. The molecule has 0 amide bonds. The monoisotopic (exact) mass is 284 g/mol. The van der Waals surface area contributed by atoms with Crippen LogP contribution >= 0.6 is 0 Å². The Kier molecular flexibility index (Phi) is 3.16. The van der Waals surface area contributed by atoms with Crippen LogP contribution in [-0.4, -0.2) is 15.6 Å². The van der Waals surface area contributed by atoms with Crippen molar-refractivity contribution in [1.29, 1.82) is 0 Å². The van der Waals surface area contributed by atoms with E-state index < -0.39 is 11.7 Å². The van der Waals surface area contributed by atoms with E-state index in [4.69, 9.17) is 11.5 Å². The van der Waals surface area contributed by atoms with Gasteiger partial charge in [0.05, 0.1) is 11.3 Å². The van der Waals surface area contributed by atoms with E-state index in [1.54, 1.807) is 0 Å². The third kappa shape index (κ3) is 2.31. The summed E-state index contributed by atoms with van der Waals surface area (Å²) in [4.78, 5) is 11.4. The second kappa shape index (κ2) is 4.55. The number of carbonyl (C=O) groups excluding carboxylic acids is 1. The van der Waals surface area contributed by atoms with Crippen molar-refractivity contribution >= 4 is 17.4 Å². The number of carbonyl (C=O) groups is 1. The number of hydrogen-bond acceptors (Lipinski definition) is 4. The lowest BCUT2D eigenvalue weighted by atomic mass is 10.2. The number of halogens is 3. The Morgan fingerprint density at radius 1 is 1.20 bits per heavy atom. The minimum atomic E-state index is -4.42. The molecule has 0 spiro atoms. The molecule has 0 radical (unpaired) electrons. The highest BCUT2D eigenvalue weighted by Gasteiger charge is 2.30. The molecule has 0 aliphatic rings. The van der Waals surface area contributed by atoms with E-state index >= 15 is 0 Å². The van der Waals surface area contributed by atoms with Gasteiger partial charge in [-0.05, 0) is 31.2 Å². The van der Waals surface area contributed by atoms with Crippen molar-refractivity contribution < 1.29 is 18.0 Å². The average molecular weight is 284 g/mol. The van der Waals surface area contributed by atoms with Crippen LogP contribution in [0.5, 0.6) is 0 Å². The number of ketones is 1. The first-order chi connectivity index (χ1) is 9.21. The smallest absolute Gasteiger partial charge is 0.383 e. The van der Waals surface area contributed by atoms with Gasteiger partial charge in [-0.25, -0.2) is 4.68 Å². The molecule has 0 atom stereocenters. The summed E-state index contributed by atoms with van der Waals surface area (Å²) in [6.07, 6.45) is -4.42. The zero-order chi connectivity index (χ0) is 15.1. The van der Waals surface area contributed by atoms with Crippen LogP contribution in [0.3, 0.4) is 0 Å². The van der Waals surface area contributed by atoms with Crippen LogP contribution in [0.1, 0.15) is 22.8 Å². The molecule has 0 aliphatic heterocycles. The Hall–Kier alpha value is -2.51. The van der Waals surface area contributed by atoms with Gasteiger partial charge in [-0.3, -0.25) is 4.79 Å². The molecule has 0 unspecified atom stereocenters. The van der Waals surface area contributed by atoms with Gasteiger partial charge in [0.15, 0.2) is 11.6 Å². The second-order valence-corrected chi connectivity index (χ2v) is 4.16. The molecule has 0 aliphatic carbocycles. The molecule has 1 aromatic carbocycles. The number of aromatic nitrogens is 2. The average Bonchev–Trinajstić information content (AvgIpc) is 2.64. The molecule has 2 rings (SSSR count). The third-order valence-corrected chi connectivity index (χ3v) is 2.74. The topological polar surface area (TPSA) is 86.9 Å². The Balaban J connectivity index is 2.48. The van der Waals surface area contributed by atoms with Crippen molar-refractivity contribution in [2.45, 2.75) is 13.1 Å². The van der Waals surface area contributed by atoms with E-state index in [9.17, 15) is 18.0 Å². The van der Waals surface area contributed by atoms with Gasteiger partial charge in [-0.2, -0.15) is 13.2 Å². The number of rotatable bonds is 2. The molecular formula is C12H11F3N4O. The molecule has 4 N–H and O–H groups in total. The Morgan fingerprint density at radius 2 is 1.75 bits per heavy atom. The van der Waals surface area contributed by atoms with Crippen LogP contribution in [0.4, 0.5) is 24.8 Å². The lowest BCUT2D eigenvalue weighted by Crippen LogP contribution is -2.07. The van der Waals surface area contributed by atoms with Crippen molar-refractivity contribution in [3.63, 3.8) is 0 Å². The Bertz CT molecular complexity index is 659. The van der Waals surface area contributed by atoms with Gasteiger partial charge in [0.2, 0.25) is 0 Å². The predicted molar refractivity (Wildman–Crippen MR) is 67.4 cm³/mol. The van der Waals surface area contributed by atoms with Gasteiger partial charge in [0.25, 0.3) is 0 Å². The number of hydrogen-bond donors (Lipinski definition) is 2. The molecular weight excluding hydrogens is 273 g/mol. The lowest BCUT2D eigenvalue weighted by molar-refractivity contribution is -0.137. The predicted octanol–water partition coefficient (Wildman–Crippen LogP) is 2.26. The van der Waals surface area contributed by atoms with Crippen LogP contribution in [0.25, 0.3) is 5.69 Å². The number of nitrogens with two attached hydrogens (primary N) is 2. The zero-order valence-corrected chi connectivity index (χ0v) is 10.4. The van der Waals surface area contributed by atoms with Gasteiger partial charge in [-0.15, -0.1) is 5.10 Å². The van der Waals surface area contributed by atoms with Crippen molar-refractivity contribution in [2.75, 3.05) is 11.5 Å². The van der Waals surface area contributed by atoms with Crippen LogP contribution in [0.2, 0.25) is 0 Å². The number of Topliss-reactive ketones (excluding diaryl/α,β-unsaturated/α-hetero) is 1. The van der Waals surface area contributed by atoms with Crippen molar-refractivity contribution in [2.24, 2.45) is 0 Å². The maximum atomic E-state index is 12.5. The molecule has 106 valence electrons. The number of alkyl halides is 3. The van der Waals surface area contributed by atoms with E-state index in [1.165, 1.54) is 19.1 Å². The van der Waals surface area contributed by atoms with E-state index in [2.05, 4.69) is 5.10 Å². The summed E-state index contributed by atoms with van der Waals surface area (Å²) in [6, 6.07) is 4.21. The molecule has 2 aromatic rings. The minimum absolute atomic E-state index is 0.00485. The van der Waals surface area contributed by atoms with E-state index in [1.807, 2.05) is 0 Å².